The molecule has 1 aliphatic rings. The van der Waals surface area contributed by atoms with Gasteiger partial charge < -0.3 is 10.2 Å². The number of rotatable bonds is 4. The SMILES string of the molecule is O=C(Nc1cnn(-c2ncncc2N2CCCC2)c1)c1ccc(C(F)(F)F)cc1. The van der Waals surface area contributed by atoms with E-state index in [1.54, 1.807) is 12.4 Å². The topological polar surface area (TPSA) is 75.9 Å². The van der Waals surface area contributed by atoms with Crippen LogP contribution in [0, 0.1) is 0 Å². The highest BCUT2D eigenvalue weighted by atomic mass is 19.4. The van der Waals surface area contributed by atoms with Crippen molar-refractivity contribution in [3.63, 3.8) is 0 Å². The minimum Gasteiger partial charge on any atom is -0.367 e. The summed E-state index contributed by atoms with van der Waals surface area (Å²) in [4.78, 5) is 22.9. The Balaban J connectivity index is 1.51. The van der Waals surface area contributed by atoms with Gasteiger partial charge in [-0.3, -0.25) is 4.79 Å². The lowest BCUT2D eigenvalue weighted by molar-refractivity contribution is -0.137. The van der Waals surface area contributed by atoms with E-state index in [0.29, 0.717) is 11.5 Å². The smallest absolute Gasteiger partial charge is 0.367 e. The van der Waals surface area contributed by atoms with E-state index in [9.17, 15) is 18.0 Å². The van der Waals surface area contributed by atoms with Crippen molar-refractivity contribution in [2.45, 2.75) is 19.0 Å². The van der Waals surface area contributed by atoms with E-state index in [1.807, 2.05) is 0 Å². The predicted molar refractivity (Wildman–Crippen MR) is 100.0 cm³/mol. The molecular formula is C19H17F3N6O. The zero-order valence-electron chi connectivity index (χ0n) is 15.2. The molecule has 3 aromatic rings. The number of anilines is 2. The molecule has 1 fully saturated rings. The minimum absolute atomic E-state index is 0.116. The van der Waals surface area contributed by atoms with Gasteiger partial charge in [0.25, 0.3) is 5.91 Å². The van der Waals surface area contributed by atoms with Crippen LogP contribution in [-0.2, 0) is 6.18 Å². The average Bonchev–Trinajstić information content (AvgIpc) is 3.39. The molecule has 150 valence electrons. The van der Waals surface area contributed by atoms with Crippen LogP contribution < -0.4 is 10.2 Å². The summed E-state index contributed by atoms with van der Waals surface area (Å²) in [5.74, 6) is 0.0673. The number of aromatic nitrogens is 4. The van der Waals surface area contributed by atoms with Crippen LogP contribution in [0.1, 0.15) is 28.8 Å². The second kappa shape index (κ2) is 7.53. The fourth-order valence-corrected chi connectivity index (χ4v) is 3.19. The molecule has 10 heteroatoms. The van der Waals surface area contributed by atoms with Crippen molar-refractivity contribution >= 4 is 17.3 Å². The highest BCUT2D eigenvalue weighted by molar-refractivity contribution is 6.04. The molecule has 0 radical (unpaired) electrons. The molecule has 0 unspecified atom stereocenters. The van der Waals surface area contributed by atoms with Gasteiger partial charge in [0, 0.05) is 18.7 Å². The quantitative estimate of drug-likeness (QED) is 0.723. The Morgan fingerprint density at radius 3 is 2.48 bits per heavy atom. The Morgan fingerprint density at radius 2 is 1.79 bits per heavy atom. The van der Waals surface area contributed by atoms with Crippen LogP contribution in [0.3, 0.4) is 0 Å². The van der Waals surface area contributed by atoms with Gasteiger partial charge in [0.2, 0.25) is 0 Å². The summed E-state index contributed by atoms with van der Waals surface area (Å²) >= 11 is 0. The van der Waals surface area contributed by atoms with E-state index < -0.39 is 17.6 Å². The molecule has 29 heavy (non-hydrogen) atoms. The lowest BCUT2D eigenvalue weighted by Gasteiger charge is -2.19. The number of halogens is 3. The third-order valence-electron chi connectivity index (χ3n) is 4.65. The van der Waals surface area contributed by atoms with Gasteiger partial charge in [0.05, 0.1) is 29.8 Å². The van der Waals surface area contributed by atoms with Gasteiger partial charge in [0.1, 0.15) is 12.0 Å². The number of carbonyl (C=O) groups excluding carboxylic acids is 1. The molecule has 7 nitrogen and oxygen atoms in total. The molecule has 1 saturated heterocycles. The Hall–Kier alpha value is -3.43. The van der Waals surface area contributed by atoms with Crippen LogP contribution in [0.5, 0.6) is 0 Å². The maximum absolute atomic E-state index is 12.7. The fraction of sp³-hybridized carbons (Fsp3) is 0.263. The molecule has 0 atom stereocenters. The molecule has 0 aliphatic carbocycles. The van der Waals surface area contributed by atoms with Crippen LogP contribution in [-0.4, -0.2) is 38.7 Å². The van der Waals surface area contributed by atoms with Gasteiger partial charge in [-0.15, -0.1) is 0 Å². The van der Waals surface area contributed by atoms with Crippen molar-refractivity contribution in [3.05, 3.63) is 60.3 Å². The zero-order valence-corrected chi connectivity index (χ0v) is 15.2. The maximum atomic E-state index is 12.7. The molecular weight excluding hydrogens is 385 g/mol. The summed E-state index contributed by atoms with van der Waals surface area (Å²) in [7, 11) is 0. The number of benzene rings is 1. The van der Waals surface area contributed by atoms with E-state index in [0.717, 1.165) is 55.9 Å². The van der Waals surface area contributed by atoms with Crippen molar-refractivity contribution < 1.29 is 18.0 Å². The Bertz CT molecular complexity index is 1010. The van der Waals surface area contributed by atoms with Gasteiger partial charge in [-0.25, -0.2) is 14.6 Å². The predicted octanol–water partition coefficient (Wildman–Crippen LogP) is 3.53. The Kier molecular flexibility index (Phi) is 4.91. The average molecular weight is 402 g/mol. The highest BCUT2D eigenvalue weighted by Crippen LogP contribution is 2.29. The van der Waals surface area contributed by atoms with Crippen LogP contribution >= 0.6 is 0 Å². The molecule has 3 heterocycles. The van der Waals surface area contributed by atoms with E-state index in [2.05, 4.69) is 25.3 Å². The van der Waals surface area contributed by atoms with Crippen molar-refractivity contribution in [1.82, 2.24) is 19.7 Å². The highest BCUT2D eigenvalue weighted by Gasteiger charge is 2.30. The number of carbonyl (C=O) groups is 1. The Labute approximate surface area is 164 Å². The molecule has 0 bridgehead atoms. The van der Waals surface area contributed by atoms with Crippen molar-refractivity contribution in [1.29, 1.82) is 0 Å². The fourth-order valence-electron chi connectivity index (χ4n) is 3.19. The minimum atomic E-state index is -4.44. The van der Waals surface area contributed by atoms with Crippen LogP contribution in [0.15, 0.2) is 49.2 Å². The van der Waals surface area contributed by atoms with Gasteiger partial charge in [0.15, 0.2) is 5.82 Å². The van der Waals surface area contributed by atoms with Gasteiger partial charge >= 0.3 is 6.18 Å². The first-order valence-electron chi connectivity index (χ1n) is 9.00. The molecule has 4 rings (SSSR count). The van der Waals surface area contributed by atoms with Crippen molar-refractivity contribution in [3.8, 4) is 5.82 Å². The second-order valence-corrected chi connectivity index (χ2v) is 6.63. The number of hydrogen-bond donors (Lipinski definition) is 1. The lowest BCUT2D eigenvalue weighted by atomic mass is 10.1. The van der Waals surface area contributed by atoms with Gasteiger partial charge in [-0.05, 0) is 37.1 Å². The first kappa shape index (κ1) is 18.9. The van der Waals surface area contributed by atoms with E-state index in [4.69, 9.17) is 0 Å². The van der Waals surface area contributed by atoms with Crippen LogP contribution in [0.25, 0.3) is 5.82 Å². The normalized spacial score (nSPS) is 14.2. The largest absolute Gasteiger partial charge is 0.416 e. The van der Waals surface area contributed by atoms with Crippen molar-refractivity contribution in [2.24, 2.45) is 0 Å². The number of nitrogens with zero attached hydrogens (tertiary/aromatic N) is 5. The van der Waals surface area contributed by atoms with Gasteiger partial charge in [-0.1, -0.05) is 0 Å². The molecule has 0 spiro atoms. The number of amides is 1. The first-order chi connectivity index (χ1) is 13.9. The summed E-state index contributed by atoms with van der Waals surface area (Å²) in [6, 6.07) is 4.03. The molecule has 1 amide bonds. The van der Waals surface area contributed by atoms with Crippen LogP contribution in [0.4, 0.5) is 24.5 Å². The van der Waals surface area contributed by atoms with Crippen molar-refractivity contribution in [2.75, 3.05) is 23.3 Å². The summed E-state index contributed by atoms with van der Waals surface area (Å²) in [6.45, 7) is 1.83. The van der Waals surface area contributed by atoms with Gasteiger partial charge in [-0.2, -0.15) is 18.3 Å². The third-order valence-corrected chi connectivity index (χ3v) is 4.65. The summed E-state index contributed by atoms with van der Waals surface area (Å²) in [5, 5.41) is 6.88. The lowest BCUT2D eigenvalue weighted by Crippen LogP contribution is -2.20. The number of hydrogen-bond acceptors (Lipinski definition) is 5. The number of alkyl halides is 3. The number of nitrogens with one attached hydrogen (secondary N) is 1. The second-order valence-electron chi connectivity index (χ2n) is 6.63. The zero-order chi connectivity index (χ0) is 20.4. The first-order valence-corrected chi connectivity index (χ1v) is 9.00. The molecule has 0 saturated carbocycles. The van der Waals surface area contributed by atoms with E-state index in [1.165, 1.54) is 17.2 Å². The molecule has 2 aromatic heterocycles. The Morgan fingerprint density at radius 1 is 1.07 bits per heavy atom. The molecule has 1 N–H and O–H groups in total. The van der Waals surface area contributed by atoms with E-state index in [-0.39, 0.29) is 5.56 Å². The summed E-state index contributed by atoms with van der Waals surface area (Å²) in [5.41, 5.74) is 0.570. The molecule has 1 aromatic carbocycles. The maximum Gasteiger partial charge on any atom is 0.416 e. The van der Waals surface area contributed by atoms with Crippen LogP contribution in [0.2, 0.25) is 0 Å². The summed E-state index contributed by atoms with van der Waals surface area (Å²) in [6.07, 6.45) is 3.97. The van der Waals surface area contributed by atoms with E-state index >= 15 is 0 Å². The monoisotopic (exact) mass is 402 g/mol. The summed E-state index contributed by atoms with van der Waals surface area (Å²) < 4.78 is 39.5. The molecule has 1 aliphatic heterocycles. The standard InChI is InChI=1S/C19H17F3N6O/c20-19(21,22)14-5-3-13(4-6-14)18(29)26-15-9-25-28(11-15)17-16(10-23-12-24-17)27-7-1-2-8-27/h3-6,9-12H,1-2,7-8H2,(H,26,29). The third kappa shape index (κ3) is 4.05.